The molecule has 3 N–H and O–H groups in total. The Morgan fingerprint density at radius 3 is 2.89 bits per heavy atom. The van der Waals surface area contributed by atoms with Gasteiger partial charge in [0, 0.05) is 37.6 Å². The van der Waals surface area contributed by atoms with Crippen molar-refractivity contribution in [2.45, 2.75) is 19.3 Å². The molecule has 0 radical (unpaired) electrons. The molecule has 18 heavy (non-hydrogen) atoms. The van der Waals surface area contributed by atoms with Gasteiger partial charge in [-0.05, 0) is 13.0 Å². The number of nitrogens with zero attached hydrogens (tertiary/aromatic N) is 2. The topological polar surface area (TPSA) is 88.3 Å². The second-order valence-electron chi connectivity index (χ2n) is 4.09. The van der Waals surface area contributed by atoms with Crippen LogP contribution < -0.4 is 10.5 Å². The molecule has 1 aromatic heterocycles. The summed E-state index contributed by atoms with van der Waals surface area (Å²) >= 11 is 1.53. The van der Waals surface area contributed by atoms with Crippen LogP contribution in [0, 0.1) is 0 Å². The zero-order valence-corrected chi connectivity index (χ0v) is 12.3. The number of hydrogen-bond acceptors (Lipinski definition) is 5. The molecule has 0 aliphatic carbocycles. The molecule has 0 aromatic carbocycles. The molecule has 0 saturated heterocycles. The Balaban J connectivity index is 2.46. The van der Waals surface area contributed by atoms with E-state index in [0.717, 1.165) is 5.01 Å². The van der Waals surface area contributed by atoms with Gasteiger partial charge >= 0.3 is 0 Å². The van der Waals surface area contributed by atoms with Crippen LogP contribution in [0.3, 0.4) is 0 Å². The number of aromatic nitrogens is 1. The molecule has 0 aliphatic rings. The Hall–Kier alpha value is -0.540. The Bertz CT molecular complexity index is 433. The second-order valence-corrected chi connectivity index (χ2v) is 6.88. The van der Waals surface area contributed by atoms with Crippen LogP contribution in [0.1, 0.15) is 24.3 Å². The Morgan fingerprint density at radius 2 is 2.33 bits per heavy atom. The third kappa shape index (κ3) is 4.62. The van der Waals surface area contributed by atoms with Gasteiger partial charge < -0.3 is 5.73 Å². The standard InChI is InChI=1S/C10H20N4O2S2/c1-9(10-12-5-7-17-10)8-13-18(15,16)14(2)6-3-4-11/h5,7,9,13H,3-4,6,8,11H2,1-2H3. The Kier molecular flexibility index (Phi) is 6.16. The van der Waals surface area contributed by atoms with Gasteiger partial charge in [0.1, 0.15) is 0 Å². The molecule has 0 saturated carbocycles. The summed E-state index contributed by atoms with van der Waals surface area (Å²) in [4.78, 5) is 4.16. The minimum absolute atomic E-state index is 0.0719. The van der Waals surface area contributed by atoms with Gasteiger partial charge in [-0.25, -0.2) is 9.71 Å². The van der Waals surface area contributed by atoms with E-state index in [2.05, 4.69) is 9.71 Å². The summed E-state index contributed by atoms with van der Waals surface area (Å²) in [6.45, 7) is 3.21. The maximum atomic E-state index is 11.9. The molecule has 8 heteroatoms. The monoisotopic (exact) mass is 292 g/mol. The Labute approximate surface area is 112 Å². The van der Waals surface area contributed by atoms with Crippen molar-refractivity contribution in [2.75, 3.05) is 26.7 Å². The van der Waals surface area contributed by atoms with Gasteiger partial charge in [-0.15, -0.1) is 11.3 Å². The first-order chi connectivity index (χ1) is 8.47. The lowest BCUT2D eigenvalue weighted by Gasteiger charge is -2.18. The molecule has 1 atom stereocenters. The first kappa shape index (κ1) is 15.5. The average Bonchev–Trinajstić information content (AvgIpc) is 2.86. The van der Waals surface area contributed by atoms with Crippen molar-refractivity contribution in [3.63, 3.8) is 0 Å². The van der Waals surface area contributed by atoms with E-state index in [0.29, 0.717) is 26.1 Å². The maximum absolute atomic E-state index is 11.9. The first-order valence-electron chi connectivity index (χ1n) is 5.77. The summed E-state index contributed by atoms with van der Waals surface area (Å²) in [5.74, 6) is 0.0719. The first-order valence-corrected chi connectivity index (χ1v) is 8.09. The van der Waals surface area contributed by atoms with Gasteiger partial charge in [-0.1, -0.05) is 6.92 Å². The van der Waals surface area contributed by atoms with Gasteiger partial charge in [-0.3, -0.25) is 0 Å². The van der Waals surface area contributed by atoms with Crippen LogP contribution in [0.25, 0.3) is 0 Å². The molecule has 0 spiro atoms. The molecule has 1 unspecified atom stereocenters. The lowest BCUT2D eigenvalue weighted by molar-refractivity contribution is 0.451. The third-order valence-corrected chi connectivity index (χ3v) is 5.07. The zero-order valence-electron chi connectivity index (χ0n) is 10.7. The van der Waals surface area contributed by atoms with Gasteiger partial charge in [0.2, 0.25) is 0 Å². The number of nitrogens with one attached hydrogen (secondary N) is 1. The van der Waals surface area contributed by atoms with Crippen LogP contribution in [0.2, 0.25) is 0 Å². The highest BCUT2D eigenvalue weighted by atomic mass is 32.2. The van der Waals surface area contributed by atoms with Crippen LogP contribution in [0.4, 0.5) is 0 Å². The molecule has 0 amide bonds. The summed E-state index contributed by atoms with van der Waals surface area (Å²) in [7, 11) is -1.87. The minimum atomic E-state index is -3.41. The fourth-order valence-corrected chi connectivity index (χ4v) is 3.09. The summed E-state index contributed by atoms with van der Waals surface area (Å²) < 4.78 is 27.6. The molecule has 1 aromatic rings. The summed E-state index contributed by atoms with van der Waals surface area (Å²) in [5, 5.41) is 2.82. The van der Waals surface area contributed by atoms with Crippen molar-refractivity contribution >= 4 is 21.5 Å². The van der Waals surface area contributed by atoms with Crippen LogP contribution in [0.5, 0.6) is 0 Å². The highest BCUT2D eigenvalue weighted by molar-refractivity contribution is 7.87. The number of nitrogens with two attached hydrogens (primary N) is 1. The van der Waals surface area contributed by atoms with Crippen LogP contribution >= 0.6 is 11.3 Å². The van der Waals surface area contributed by atoms with Crippen LogP contribution in [-0.2, 0) is 10.2 Å². The van der Waals surface area contributed by atoms with E-state index in [-0.39, 0.29) is 5.92 Å². The second kappa shape index (κ2) is 7.15. The van der Waals surface area contributed by atoms with E-state index in [1.165, 1.54) is 15.6 Å². The molecule has 6 nitrogen and oxygen atoms in total. The van der Waals surface area contributed by atoms with Crippen LogP contribution in [-0.4, -0.2) is 44.4 Å². The van der Waals surface area contributed by atoms with E-state index in [1.807, 2.05) is 12.3 Å². The summed E-state index contributed by atoms with van der Waals surface area (Å²) in [5.41, 5.74) is 5.36. The van der Waals surface area contributed by atoms with E-state index in [9.17, 15) is 8.42 Å². The maximum Gasteiger partial charge on any atom is 0.279 e. The fourth-order valence-electron chi connectivity index (χ4n) is 1.34. The van der Waals surface area contributed by atoms with Gasteiger partial charge in [0.25, 0.3) is 10.2 Å². The molecule has 0 aliphatic heterocycles. The molecule has 0 bridgehead atoms. The van der Waals surface area contributed by atoms with Crippen molar-refractivity contribution < 1.29 is 8.42 Å². The predicted molar refractivity (Wildman–Crippen MR) is 73.8 cm³/mol. The molecule has 104 valence electrons. The highest BCUT2D eigenvalue weighted by Crippen LogP contribution is 2.16. The molecule has 1 rings (SSSR count). The van der Waals surface area contributed by atoms with Crippen LogP contribution in [0.15, 0.2) is 11.6 Å². The lowest BCUT2D eigenvalue weighted by atomic mass is 10.2. The van der Waals surface area contributed by atoms with Crippen molar-refractivity contribution in [3.8, 4) is 0 Å². The molecule has 1 heterocycles. The fraction of sp³-hybridized carbons (Fsp3) is 0.700. The minimum Gasteiger partial charge on any atom is -0.330 e. The smallest absolute Gasteiger partial charge is 0.279 e. The van der Waals surface area contributed by atoms with Crippen molar-refractivity contribution in [1.82, 2.24) is 14.0 Å². The molecular weight excluding hydrogens is 272 g/mol. The van der Waals surface area contributed by atoms with E-state index in [1.54, 1.807) is 13.2 Å². The van der Waals surface area contributed by atoms with Gasteiger partial charge in [-0.2, -0.15) is 12.7 Å². The quantitative estimate of drug-likeness (QED) is 0.724. The van der Waals surface area contributed by atoms with E-state index < -0.39 is 10.2 Å². The molecular formula is C10H20N4O2S2. The average molecular weight is 292 g/mol. The van der Waals surface area contributed by atoms with Gasteiger partial charge in [0.15, 0.2) is 0 Å². The van der Waals surface area contributed by atoms with E-state index >= 15 is 0 Å². The highest BCUT2D eigenvalue weighted by Gasteiger charge is 2.18. The van der Waals surface area contributed by atoms with E-state index in [4.69, 9.17) is 5.73 Å². The largest absolute Gasteiger partial charge is 0.330 e. The third-order valence-electron chi connectivity index (χ3n) is 2.53. The summed E-state index contributed by atoms with van der Waals surface area (Å²) in [6.07, 6.45) is 2.37. The molecule has 0 fully saturated rings. The van der Waals surface area contributed by atoms with Crippen molar-refractivity contribution in [2.24, 2.45) is 5.73 Å². The lowest BCUT2D eigenvalue weighted by Crippen LogP contribution is -2.40. The predicted octanol–water partition coefficient (Wildman–Crippen LogP) is 0.362. The van der Waals surface area contributed by atoms with Crippen molar-refractivity contribution in [1.29, 1.82) is 0 Å². The number of hydrogen-bond donors (Lipinski definition) is 2. The van der Waals surface area contributed by atoms with Crippen molar-refractivity contribution in [3.05, 3.63) is 16.6 Å². The normalized spacial score (nSPS) is 14.0. The zero-order chi connectivity index (χ0) is 13.6. The Morgan fingerprint density at radius 1 is 1.61 bits per heavy atom. The SMILES string of the molecule is CC(CNS(=O)(=O)N(C)CCCN)c1nccs1. The number of thiazole rings is 1. The number of rotatable bonds is 8. The van der Waals surface area contributed by atoms with Gasteiger partial charge in [0.05, 0.1) is 5.01 Å². The summed E-state index contributed by atoms with van der Waals surface area (Å²) in [6, 6.07) is 0.